The average molecular weight is 281 g/mol. The molecule has 0 aromatic carbocycles. The van der Waals surface area contributed by atoms with Gasteiger partial charge in [0.05, 0.1) is 0 Å². The molecule has 118 valence electrons. The molecule has 0 bridgehead atoms. The minimum Gasteiger partial charge on any atom is -0.302 e. The molecule has 0 saturated carbocycles. The third-order valence-corrected chi connectivity index (χ3v) is 5.01. The lowest BCUT2D eigenvalue weighted by Crippen LogP contribution is -2.52. The third-order valence-electron chi connectivity index (χ3n) is 5.01. The second-order valence-corrected chi connectivity index (χ2v) is 9.45. The molecule has 0 aromatic rings. The monoisotopic (exact) mass is 280 g/mol. The van der Waals surface area contributed by atoms with Crippen LogP contribution >= 0.6 is 0 Å². The molecule has 0 radical (unpaired) electrons. The van der Waals surface area contributed by atoms with Crippen LogP contribution in [0.5, 0.6) is 0 Å². The highest BCUT2D eigenvalue weighted by atomic mass is 15.2. The summed E-state index contributed by atoms with van der Waals surface area (Å²) in [6.45, 7) is 20.8. The van der Waals surface area contributed by atoms with E-state index in [1.54, 1.807) is 0 Å². The van der Waals surface area contributed by atoms with Gasteiger partial charge >= 0.3 is 0 Å². The Hall–Kier alpha value is -0.0800. The Kier molecular flexibility index (Phi) is 4.86. The summed E-state index contributed by atoms with van der Waals surface area (Å²) in [4.78, 5) is 5.36. The van der Waals surface area contributed by atoms with Crippen molar-refractivity contribution in [1.29, 1.82) is 0 Å². The van der Waals surface area contributed by atoms with Crippen LogP contribution in [0.1, 0.15) is 60.8 Å². The average Bonchev–Trinajstić information content (AvgIpc) is 2.24. The van der Waals surface area contributed by atoms with Gasteiger partial charge in [0, 0.05) is 25.2 Å². The van der Waals surface area contributed by atoms with Crippen molar-refractivity contribution in [3.05, 3.63) is 0 Å². The summed E-state index contributed by atoms with van der Waals surface area (Å²) < 4.78 is 0. The molecule has 0 aromatic heterocycles. The molecule has 2 aliphatic rings. The van der Waals surface area contributed by atoms with Gasteiger partial charge in [0.15, 0.2) is 0 Å². The Balaban J connectivity index is 1.63. The fourth-order valence-corrected chi connectivity index (χ4v) is 3.97. The van der Waals surface area contributed by atoms with Gasteiger partial charge in [-0.3, -0.25) is 4.90 Å². The van der Waals surface area contributed by atoms with Gasteiger partial charge in [0.2, 0.25) is 0 Å². The van der Waals surface area contributed by atoms with Crippen LogP contribution in [-0.4, -0.2) is 48.1 Å². The summed E-state index contributed by atoms with van der Waals surface area (Å²) in [7, 11) is 0. The highest BCUT2D eigenvalue weighted by Gasteiger charge is 2.33. The normalized spacial score (nSPS) is 24.9. The van der Waals surface area contributed by atoms with Gasteiger partial charge in [0.1, 0.15) is 0 Å². The van der Waals surface area contributed by atoms with Gasteiger partial charge in [-0.05, 0) is 70.4 Å². The smallest absolute Gasteiger partial charge is 0.0125 e. The number of hydrogen-bond acceptors (Lipinski definition) is 2. The van der Waals surface area contributed by atoms with Crippen LogP contribution in [0, 0.1) is 17.3 Å². The molecule has 0 N–H and O–H groups in total. The van der Waals surface area contributed by atoms with Crippen molar-refractivity contribution in [2.45, 2.75) is 66.3 Å². The van der Waals surface area contributed by atoms with Gasteiger partial charge in [-0.25, -0.2) is 0 Å². The van der Waals surface area contributed by atoms with Gasteiger partial charge < -0.3 is 4.90 Å². The molecule has 2 nitrogen and oxygen atoms in total. The van der Waals surface area contributed by atoms with E-state index in [-0.39, 0.29) is 0 Å². The zero-order chi connectivity index (χ0) is 15.0. The van der Waals surface area contributed by atoms with E-state index in [0.29, 0.717) is 11.0 Å². The van der Waals surface area contributed by atoms with E-state index in [1.807, 2.05) is 0 Å². The molecule has 2 heteroatoms. The molecule has 20 heavy (non-hydrogen) atoms. The lowest BCUT2D eigenvalue weighted by Gasteiger charge is -2.46. The highest BCUT2D eigenvalue weighted by Crippen LogP contribution is 2.32. The van der Waals surface area contributed by atoms with Gasteiger partial charge in [-0.15, -0.1) is 0 Å². The number of likely N-dealkylation sites (tertiary alicyclic amines) is 2. The predicted octanol–water partition coefficient (Wildman–Crippen LogP) is 3.86. The Labute approximate surface area is 126 Å². The molecular formula is C18H36N2. The van der Waals surface area contributed by atoms with Crippen LogP contribution in [0.25, 0.3) is 0 Å². The maximum absolute atomic E-state index is 2.70. The van der Waals surface area contributed by atoms with Crippen molar-refractivity contribution >= 4 is 0 Å². The number of rotatable bonds is 3. The first kappa shape index (κ1) is 16.3. The molecule has 0 spiro atoms. The van der Waals surface area contributed by atoms with Gasteiger partial charge in [-0.1, -0.05) is 20.8 Å². The maximum atomic E-state index is 2.70. The SMILES string of the molecule is CC(C)(C)CC1CN(CC2CCN(C(C)(C)C)CC2)C1. The summed E-state index contributed by atoms with van der Waals surface area (Å²) >= 11 is 0. The van der Waals surface area contributed by atoms with Gasteiger partial charge in [0.25, 0.3) is 0 Å². The minimum atomic E-state index is 0.361. The zero-order valence-corrected chi connectivity index (χ0v) is 14.7. The van der Waals surface area contributed by atoms with Crippen LogP contribution < -0.4 is 0 Å². The summed E-state index contributed by atoms with van der Waals surface area (Å²) in [5.74, 6) is 1.91. The lowest BCUT2D eigenvalue weighted by molar-refractivity contribution is 0.0286. The molecule has 0 amide bonds. The summed E-state index contributed by atoms with van der Waals surface area (Å²) in [6, 6.07) is 0. The van der Waals surface area contributed by atoms with Crippen LogP contribution in [-0.2, 0) is 0 Å². The fourth-order valence-electron chi connectivity index (χ4n) is 3.97. The molecule has 2 rings (SSSR count). The first-order chi connectivity index (χ1) is 9.13. The van der Waals surface area contributed by atoms with E-state index in [1.165, 1.54) is 52.0 Å². The second kappa shape index (κ2) is 5.96. The Morgan fingerprint density at radius 2 is 1.40 bits per heavy atom. The van der Waals surface area contributed by atoms with Gasteiger partial charge in [-0.2, -0.15) is 0 Å². The lowest BCUT2D eigenvalue weighted by atomic mass is 9.80. The molecular weight excluding hydrogens is 244 g/mol. The van der Waals surface area contributed by atoms with Crippen LogP contribution in [0.4, 0.5) is 0 Å². The van der Waals surface area contributed by atoms with Crippen molar-refractivity contribution in [3.63, 3.8) is 0 Å². The standard InChI is InChI=1S/C18H36N2/c1-17(2,3)11-16-13-19(14-16)12-15-7-9-20(10-8-15)18(4,5)6/h15-16H,7-14H2,1-6H3. The molecule has 0 aliphatic carbocycles. The van der Waals surface area contributed by atoms with Crippen LogP contribution in [0.2, 0.25) is 0 Å². The highest BCUT2D eigenvalue weighted by molar-refractivity contribution is 4.87. The van der Waals surface area contributed by atoms with Crippen molar-refractivity contribution in [2.24, 2.45) is 17.3 Å². The van der Waals surface area contributed by atoms with E-state index in [9.17, 15) is 0 Å². The molecule has 2 aliphatic heterocycles. The van der Waals surface area contributed by atoms with E-state index in [2.05, 4.69) is 51.3 Å². The van der Waals surface area contributed by atoms with E-state index >= 15 is 0 Å². The fraction of sp³-hybridized carbons (Fsp3) is 1.00. The Bertz CT molecular complexity index is 296. The van der Waals surface area contributed by atoms with Crippen molar-refractivity contribution in [3.8, 4) is 0 Å². The molecule has 2 heterocycles. The third kappa shape index (κ3) is 4.73. The van der Waals surface area contributed by atoms with Crippen molar-refractivity contribution in [1.82, 2.24) is 9.80 Å². The van der Waals surface area contributed by atoms with E-state index in [4.69, 9.17) is 0 Å². The van der Waals surface area contributed by atoms with Crippen molar-refractivity contribution in [2.75, 3.05) is 32.7 Å². The number of piperidine rings is 1. The Morgan fingerprint density at radius 1 is 0.850 bits per heavy atom. The van der Waals surface area contributed by atoms with Crippen LogP contribution in [0.3, 0.4) is 0 Å². The molecule has 0 atom stereocenters. The van der Waals surface area contributed by atoms with E-state index in [0.717, 1.165) is 11.8 Å². The summed E-state index contributed by atoms with van der Waals surface area (Å²) in [5, 5.41) is 0. The molecule has 0 unspecified atom stereocenters. The van der Waals surface area contributed by atoms with E-state index < -0.39 is 0 Å². The summed E-state index contributed by atoms with van der Waals surface area (Å²) in [6.07, 6.45) is 4.20. The maximum Gasteiger partial charge on any atom is 0.0125 e. The first-order valence-electron chi connectivity index (χ1n) is 8.61. The summed E-state index contributed by atoms with van der Waals surface area (Å²) in [5.41, 5.74) is 0.869. The van der Waals surface area contributed by atoms with Crippen molar-refractivity contribution < 1.29 is 0 Å². The van der Waals surface area contributed by atoms with Crippen LogP contribution in [0.15, 0.2) is 0 Å². The number of hydrogen-bond donors (Lipinski definition) is 0. The molecule has 2 saturated heterocycles. The second-order valence-electron chi connectivity index (χ2n) is 9.45. The first-order valence-corrected chi connectivity index (χ1v) is 8.61. The zero-order valence-electron chi connectivity index (χ0n) is 14.7. The predicted molar refractivity (Wildman–Crippen MR) is 88.1 cm³/mol. The minimum absolute atomic E-state index is 0.361. The topological polar surface area (TPSA) is 6.48 Å². The Morgan fingerprint density at radius 3 is 1.85 bits per heavy atom. The number of nitrogens with zero attached hydrogens (tertiary/aromatic N) is 2. The quantitative estimate of drug-likeness (QED) is 0.774. The largest absolute Gasteiger partial charge is 0.302 e. The molecule has 2 fully saturated rings.